The van der Waals surface area contributed by atoms with Crippen molar-refractivity contribution in [1.29, 1.82) is 0 Å². The average molecular weight is 350 g/mol. The molecule has 0 radical (unpaired) electrons. The van der Waals surface area contributed by atoms with Crippen molar-refractivity contribution in [3.8, 4) is 5.75 Å². The van der Waals surface area contributed by atoms with Crippen LogP contribution in [0.3, 0.4) is 0 Å². The Morgan fingerprint density at radius 1 is 1.33 bits per heavy atom. The number of methoxy groups -OCH3 is 1. The van der Waals surface area contributed by atoms with Crippen molar-refractivity contribution in [2.24, 2.45) is 0 Å². The summed E-state index contributed by atoms with van der Waals surface area (Å²) in [6.07, 6.45) is 0.587. The number of nitrogens with zero attached hydrogens (tertiary/aromatic N) is 1. The Balaban J connectivity index is 2.53. The minimum atomic E-state index is -1.92. The highest BCUT2D eigenvalue weighted by Crippen LogP contribution is 2.39. The van der Waals surface area contributed by atoms with E-state index in [1.807, 2.05) is 19.1 Å². The Bertz CT molecular complexity index is 771. The normalized spacial score (nSPS) is 12.6. The summed E-state index contributed by atoms with van der Waals surface area (Å²) in [6.45, 7) is 13.3. The molecular formula is C18H27NO4Si. The molecule has 0 aliphatic heterocycles. The third-order valence-corrected chi connectivity index (χ3v) is 9.52. The van der Waals surface area contributed by atoms with E-state index in [-0.39, 0.29) is 5.04 Å². The van der Waals surface area contributed by atoms with Gasteiger partial charge in [-0.3, -0.25) is 4.57 Å². The molecule has 0 unspecified atom stereocenters. The van der Waals surface area contributed by atoms with Gasteiger partial charge in [-0.15, -0.1) is 0 Å². The number of carboxylic acid groups (broad SMARTS) is 1. The number of hydrogen-bond donors (Lipinski definition) is 1. The molecule has 0 bridgehead atoms. The van der Waals surface area contributed by atoms with Crippen LogP contribution < -0.4 is 4.74 Å². The first-order valence-electron chi connectivity index (χ1n) is 8.04. The van der Waals surface area contributed by atoms with Crippen LogP contribution in [-0.4, -0.2) is 31.2 Å². The highest BCUT2D eigenvalue weighted by Gasteiger charge is 2.37. The zero-order valence-electron chi connectivity index (χ0n) is 15.6. The summed E-state index contributed by atoms with van der Waals surface area (Å²) in [5.41, 5.74) is 2.46. The molecule has 0 saturated carbocycles. The predicted octanol–water partition coefficient (Wildman–Crippen LogP) is 5.01. The first-order valence-corrected chi connectivity index (χ1v) is 10.9. The molecule has 0 aliphatic rings. The number of aromatic nitrogens is 1. The van der Waals surface area contributed by atoms with Gasteiger partial charge in [0.15, 0.2) is 8.32 Å². The lowest BCUT2D eigenvalue weighted by Crippen LogP contribution is -2.40. The van der Waals surface area contributed by atoms with E-state index in [1.54, 1.807) is 13.3 Å². The lowest BCUT2D eigenvalue weighted by atomic mass is 10.1. The summed E-state index contributed by atoms with van der Waals surface area (Å²) >= 11 is 0. The van der Waals surface area contributed by atoms with Gasteiger partial charge in [0.1, 0.15) is 5.75 Å². The van der Waals surface area contributed by atoms with Crippen LogP contribution in [0.4, 0.5) is 4.79 Å². The van der Waals surface area contributed by atoms with Gasteiger partial charge >= 0.3 is 6.09 Å². The van der Waals surface area contributed by atoms with E-state index in [4.69, 9.17) is 9.16 Å². The summed E-state index contributed by atoms with van der Waals surface area (Å²) in [6, 6.07) is 3.70. The Morgan fingerprint density at radius 3 is 2.46 bits per heavy atom. The lowest BCUT2D eigenvalue weighted by molar-refractivity contribution is 0.197. The van der Waals surface area contributed by atoms with Gasteiger partial charge in [-0.1, -0.05) is 20.8 Å². The standard InChI is InChI=1S/C18H27NO4Si/c1-12-10-15(22-5)14(11-23-24(6,7)18(2,3)4)13-8-9-19(16(12)13)17(20)21/h8-10H,11H2,1-7H3,(H,20,21). The number of ether oxygens (including phenoxy) is 1. The lowest BCUT2D eigenvalue weighted by Gasteiger charge is -2.36. The van der Waals surface area contributed by atoms with Gasteiger partial charge < -0.3 is 14.3 Å². The molecule has 2 aromatic rings. The molecule has 0 atom stereocenters. The van der Waals surface area contributed by atoms with Gasteiger partial charge in [0.05, 0.1) is 19.2 Å². The Labute approximate surface area is 144 Å². The first kappa shape index (κ1) is 18.5. The minimum absolute atomic E-state index is 0.108. The number of carbonyl (C=O) groups is 1. The molecule has 132 valence electrons. The summed E-state index contributed by atoms with van der Waals surface area (Å²) in [7, 11) is -0.288. The van der Waals surface area contributed by atoms with Gasteiger partial charge in [0.25, 0.3) is 0 Å². The molecule has 2 rings (SSSR count). The van der Waals surface area contributed by atoms with Crippen LogP contribution in [0.5, 0.6) is 5.75 Å². The third kappa shape index (κ3) is 3.21. The fraction of sp³-hybridized carbons (Fsp3) is 0.500. The largest absolute Gasteiger partial charge is 0.496 e. The van der Waals surface area contributed by atoms with E-state index >= 15 is 0 Å². The summed E-state index contributed by atoms with van der Waals surface area (Å²) < 4.78 is 13.1. The van der Waals surface area contributed by atoms with Crippen molar-refractivity contribution in [2.45, 2.75) is 52.4 Å². The second-order valence-corrected chi connectivity index (χ2v) is 12.5. The fourth-order valence-electron chi connectivity index (χ4n) is 2.52. The zero-order valence-corrected chi connectivity index (χ0v) is 16.6. The van der Waals surface area contributed by atoms with Crippen LogP contribution in [0.15, 0.2) is 18.3 Å². The SMILES string of the molecule is COc1cc(C)c2c(ccn2C(=O)O)c1CO[Si](C)(C)C(C)(C)C. The van der Waals surface area contributed by atoms with Gasteiger partial charge in [-0.2, -0.15) is 0 Å². The van der Waals surface area contributed by atoms with E-state index in [1.165, 1.54) is 4.57 Å². The first-order chi connectivity index (χ1) is 11.0. The van der Waals surface area contributed by atoms with Crippen molar-refractivity contribution in [1.82, 2.24) is 4.57 Å². The maximum Gasteiger partial charge on any atom is 0.416 e. The molecule has 0 fully saturated rings. The number of aryl methyl sites for hydroxylation is 1. The molecular weight excluding hydrogens is 322 g/mol. The summed E-state index contributed by atoms with van der Waals surface area (Å²) in [5, 5.41) is 10.4. The summed E-state index contributed by atoms with van der Waals surface area (Å²) in [5.74, 6) is 0.738. The average Bonchev–Trinajstić information content (AvgIpc) is 2.90. The molecule has 1 heterocycles. The van der Waals surface area contributed by atoms with Crippen molar-refractivity contribution in [2.75, 3.05) is 7.11 Å². The molecule has 0 spiro atoms. The van der Waals surface area contributed by atoms with Crippen molar-refractivity contribution >= 4 is 25.3 Å². The van der Waals surface area contributed by atoms with Crippen LogP contribution in [0, 0.1) is 6.92 Å². The summed E-state index contributed by atoms with van der Waals surface area (Å²) in [4.78, 5) is 11.4. The number of hydrogen-bond acceptors (Lipinski definition) is 3. The highest BCUT2D eigenvalue weighted by molar-refractivity contribution is 6.74. The minimum Gasteiger partial charge on any atom is -0.496 e. The molecule has 1 N–H and O–H groups in total. The van der Waals surface area contributed by atoms with E-state index in [9.17, 15) is 9.90 Å². The van der Waals surface area contributed by atoms with Gasteiger partial charge in [0, 0.05) is 17.1 Å². The van der Waals surface area contributed by atoms with Crippen molar-refractivity contribution in [3.63, 3.8) is 0 Å². The van der Waals surface area contributed by atoms with Crippen LogP contribution >= 0.6 is 0 Å². The van der Waals surface area contributed by atoms with Gasteiger partial charge in [0.2, 0.25) is 0 Å². The predicted molar refractivity (Wildman–Crippen MR) is 98.6 cm³/mol. The highest BCUT2D eigenvalue weighted by atomic mass is 28.4. The van der Waals surface area contributed by atoms with E-state index < -0.39 is 14.4 Å². The Kier molecular flexibility index (Phi) is 4.83. The third-order valence-electron chi connectivity index (χ3n) is 5.04. The van der Waals surface area contributed by atoms with E-state index in [0.717, 1.165) is 22.3 Å². The van der Waals surface area contributed by atoms with Crippen LogP contribution in [0.2, 0.25) is 18.1 Å². The van der Waals surface area contributed by atoms with E-state index in [2.05, 4.69) is 33.9 Å². The van der Waals surface area contributed by atoms with Crippen molar-refractivity contribution < 1.29 is 19.1 Å². The fourth-order valence-corrected chi connectivity index (χ4v) is 3.46. The molecule has 0 aliphatic carbocycles. The second kappa shape index (κ2) is 6.26. The molecule has 6 heteroatoms. The van der Waals surface area contributed by atoms with Crippen LogP contribution in [-0.2, 0) is 11.0 Å². The molecule has 5 nitrogen and oxygen atoms in total. The molecule has 1 aromatic carbocycles. The molecule has 0 saturated heterocycles. The van der Waals surface area contributed by atoms with E-state index in [0.29, 0.717) is 12.1 Å². The second-order valence-electron chi connectivity index (χ2n) is 7.65. The quantitative estimate of drug-likeness (QED) is 0.789. The number of benzene rings is 1. The maximum atomic E-state index is 11.4. The maximum absolute atomic E-state index is 11.4. The molecule has 1 aromatic heterocycles. The van der Waals surface area contributed by atoms with Gasteiger partial charge in [-0.25, -0.2) is 4.79 Å². The molecule has 0 amide bonds. The van der Waals surface area contributed by atoms with Crippen LogP contribution in [0.1, 0.15) is 31.9 Å². The smallest absolute Gasteiger partial charge is 0.416 e. The van der Waals surface area contributed by atoms with Crippen LogP contribution in [0.25, 0.3) is 10.9 Å². The molecule has 24 heavy (non-hydrogen) atoms. The topological polar surface area (TPSA) is 60.7 Å². The zero-order chi connectivity index (χ0) is 18.3. The van der Waals surface area contributed by atoms with Crippen molar-refractivity contribution in [3.05, 3.63) is 29.5 Å². The number of fused-ring (bicyclic) bond motifs is 1. The Morgan fingerprint density at radius 2 is 1.96 bits per heavy atom. The van der Waals surface area contributed by atoms with Gasteiger partial charge in [-0.05, 0) is 42.8 Å². The Hall–Kier alpha value is -1.79. The monoisotopic (exact) mass is 349 g/mol. The number of rotatable bonds is 4.